The topological polar surface area (TPSA) is 49.3 Å². The normalized spacial score (nSPS) is 12.1. The van der Waals surface area contributed by atoms with Crippen molar-refractivity contribution in [3.63, 3.8) is 0 Å². The summed E-state index contributed by atoms with van der Waals surface area (Å²) in [5.74, 6) is 0. The molecule has 13 aromatic carbocycles. The van der Waals surface area contributed by atoms with Crippen molar-refractivity contribution in [2.45, 2.75) is 0 Å². The zero-order valence-corrected chi connectivity index (χ0v) is 44.7. The molecule has 0 fully saturated rings. The first-order valence-electron chi connectivity index (χ1n) is 28.3. The average Bonchev–Trinajstić information content (AvgIpc) is 4.32. The summed E-state index contributed by atoms with van der Waals surface area (Å²) in [7, 11) is 0. The Morgan fingerprint density at radius 2 is 0.470 bits per heavy atom. The Hall–Kier alpha value is -11.1. The first-order chi connectivity index (χ1) is 41.1. The number of aromatic nitrogens is 2. The minimum atomic E-state index is 0.858. The molecule has 0 amide bonds. The van der Waals surface area contributed by atoms with Gasteiger partial charge < -0.3 is 22.4 Å². The highest BCUT2D eigenvalue weighted by Crippen LogP contribution is 2.42. The third kappa shape index (κ3) is 7.14. The number of hydrogen-bond acceptors (Lipinski definition) is 3. The van der Waals surface area contributed by atoms with E-state index in [0.717, 1.165) is 116 Å². The fraction of sp³-hybridized carbons (Fsp3) is 0. The van der Waals surface area contributed by atoms with Gasteiger partial charge in [-0.15, -0.1) is 0 Å². The third-order valence-corrected chi connectivity index (χ3v) is 17.3. The molecule has 0 N–H and O–H groups in total. The summed E-state index contributed by atoms with van der Waals surface area (Å²) in [4.78, 5) is 0. The quantitative estimate of drug-likeness (QED) is 0.160. The van der Waals surface area contributed by atoms with Gasteiger partial charge in [0.2, 0.25) is 0 Å². The highest BCUT2D eigenvalue weighted by atomic mass is 16.3. The average molecular weight is 1060 g/mol. The summed E-state index contributed by atoms with van der Waals surface area (Å²) >= 11 is 0. The molecule has 0 radical (unpaired) electrons. The van der Waals surface area contributed by atoms with Gasteiger partial charge in [0.25, 0.3) is 0 Å². The van der Waals surface area contributed by atoms with Gasteiger partial charge in [0.15, 0.2) is 0 Å². The van der Waals surface area contributed by atoms with Crippen LogP contribution in [0, 0.1) is 0 Å². The fourth-order valence-corrected chi connectivity index (χ4v) is 13.3. The lowest BCUT2D eigenvalue weighted by molar-refractivity contribution is 0.668. The van der Waals surface area contributed by atoms with Gasteiger partial charge in [0.1, 0.15) is 33.5 Å². The summed E-state index contributed by atoms with van der Waals surface area (Å²) in [6.07, 6.45) is 0. The Balaban J connectivity index is 0.686. The molecule has 18 rings (SSSR count). The second kappa shape index (κ2) is 17.7. The molecule has 0 bridgehead atoms. The Morgan fingerprint density at radius 3 is 0.940 bits per heavy atom. The van der Waals surface area contributed by atoms with Crippen molar-refractivity contribution >= 4 is 109 Å². The minimum Gasteiger partial charge on any atom is -0.456 e. The van der Waals surface area contributed by atoms with Crippen LogP contribution >= 0.6 is 0 Å². The Bertz CT molecular complexity index is 5710. The maximum Gasteiger partial charge on any atom is 0.135 e. The fourth-order valence-electron chi connectivity index (χ4n) is 13.3. The maximum absolute atomic E-state index is 6.57. The summed E-state index contributed by atoms with van der Waals surface area (Å²) in [6.45, 7) is 0. The molecular weight excluding hydrogens is 1010 g/mol. The minimum absolute atomic E-state index is 0.858. The van der Waals surface area contributed by atoms with Crippen LogP contribution in [0.15, 0.2) is 292 Å². The first-order valence-corrected chi connectivity index (χ1v) is 28.3. The lowest BCUT2D eigenvalue weighted by Gasteiger charge is -2.10. The molecular formula is C78H46N2O3. The van der Waals surface area contributed by atoms with Crippen molar-refractivity contribution in [1.82, 2.24) is 9.13 Å². The van der Waals surface area contributed by atoms with E-state index in [9.17, 15) is 0 Å². The Labute approximate surface area is 475 Å². The van der Waals surface area contributed by atoms with Gasteiger partial charge in [-0.3, -0.25) is 0 Å². The number of nitrogens with zero attached hydrogens (tertiary/aromatic N) is 2. The smallest absolute Gasteiger partial charge is 0.135 e. The number of benzene rings is 13. The van der Waals surface area contributed by atoms with Gasteiger partial charge in [0, 0.05) is 65.2 Å². The van der Waals surface area contributed by atoms with Crippen LogP contribution in [0.3, 0.4) is 0 Å². The number of fused-ring (bicyclic) bond motifs is 15. The molecule has 5 nitrogen and oxygen atoms in total. The van der Waals surface area contributed by atoms with Gasteiger partial charge in [-0.1, -0.05) is 152 Å². The number of furan rings is 3. The third-order valence-electron chi connectivity index (χ3n) is 17.3. The molecule has 0 unspecified atom stereocenters. The van der Waals surface area contributed by atoms with E-state index >= 15 is 0 Å². The first kappa shape index (κ1) is 45.7. The summed E-state index contributed by atoms with van der Waals surface area (Å²) in [6, 6.07) is 101. The van der Waals surface area contributed by atoms with E-state index in [1.807, 2.05) is 12.1 Å². The molecule has 5 heterocycles. The Morgan fingerprint density at radius 1 is 0.169 bits per heavy atom. The molecule has 386 valence electrons. The second-order valence-electron chi connectivity index (χ2n) is 22.0. The number of para-hydroxylation sites is 3. The molecule has 0 aliphatic carbocycles. The van der Waals surface area contributed by atoms with Crippen LogP contribution in [0.1, 0.15) is 0 Å². The second-order valence-corrected chi connectivity index (χ2v) is 22.0. The highest BCUT2D eigenvalue weighted by molar-refractivity contribution is 6.14. The molecule has 5 heteroatoms. The largest absolute Gasteiger partial charge is 0.456 e. The van der Waals surface area contributed by atoms with Crippen molar-refractivity contribution in [1.29, 1.82) is 0 Å². The molecule has 0 aliphatic rings. The van der Waals surface area contributed by atoms with E-state index in [-0.39, 0.29) is 0 Å². The van der Waals surface area contributed by atoms with Crippen LogP contribution in [0.4, 0.5) is 0 Å². The molecule has 18 aromatic rings. The zero-order chi connectivity index (χ0) is 54.3. The molecule has 83 heavy (non-hydrogen) atoms. The lowest BCUT2D eigenvalue weighted by atomic mass is 9.97. The molecule has 5 aromatic heterocycles. The number of rotatable bonds is 7. The monoisotopic (exact) mass is 1060 g/mol. The maximum atomic E-state index is 6.57. The van der Waals surface area contributed by atoms with E-state index in [1.54, 1.807) is 0 Å². The summed E-state index contributed by atoms with van der Waals surface area (Å²) in [5, 5.41) is 11.5. The SMILES string of the molecule is c1ccc(-c2ccc3c(c2)c2ccccc2n3-c2ccc3oc4ccc(-c5cccc(-c6ccc7oc8ccc(-n9c%10ccccc%10c%10cc(-c%11cccc(-c%12ccc%13oc%14ccccc%14c%13c%12)c%11)ccc%109)cc8c7c6)c5)cc4c3c2)cc1. The molecule has 0 aliphatic heterocycles. The van der Waals surface area contributed by atoms with Crippen molar-refractivity contribution in [2.24, 2.45) is 0 Å². The predicted molar refractivity (Wildman–Crippen MR) is 344 cm³/mol. The molecule has 0 atom stereocenters. The van der Waals surface area contributed by atoms with E-state index in [1.165, 1.54) is 60.4 Å². The molecule has 0 saturated carbocycles. The van der Waals surface area contributed by atoms with Gasteiger partial charge in [0.05, 0.1) is 22.1 Å². The van der Waals surface area contributed by atoms with Crippen molar-refractivity contribution in [3.8, 4) is 67.0 Å². The zero-order valence-electron chi connectivity index (χ0n) is 44.7. The Kier molecular flexibility index (Phi) is 9.73. The van der Waals surface area contributed by atoms with Gasteiger partial charge in [-0.25, -0.2) is 0 Å². The standard InChI is InChI=1S/C78H46N2O3/c1-2-12-47(13-3-1)52-24-31-71-62(40-52)59-18-4-7-21-69(59)79(71)57-29-36-77-67(45-57)65-43-55(27-34-75(65)82-77)50-16-11-17-51(39-50)56-28-35-76-66(44-56)68-46-58(30-37-78(68)83-76)80-70-22-8-5-19-60(70)63-41-53(25-32-72(63)80)48-14-10-15-49(38-48)54-26-33-74-64(42-54)61-20-6-9-23-73(61)81-74/h1-46H. The van der Waals surface area contributed by atoms with Gasteiger partial charge in [-0.2, -0.15) is 0 Å². The van der Waals surface area contributed by atoms with Crippen molar-refractivity contribution in [2.75, 3.05) is 0 Å². The molecule has 0 spiro atoms. The van der Waals surface area contributed by atoms with Gasteiger partial charge >= 0.3 is 0 Å². The lowest BCUT2D eigenvalue weighted by Crippen LogP contribution is -1.93. The van der Waals surface area contributed by atoms with Crippen LogP contribution in [0.25, 0.3) is 176 Å². The van der Waals surface area contributed by atoms with E-state index in [4.69, 9.17) is 13.3 Å². The van der Waals surface area contributed by atoms with E-state index in [0.29, 0.717) is 0 Å². The van der Waals surface area contributed by atoms with Crippen LogP contribution in [0.5, 0.6) is 0 Å². The molecule has 0 saturated heterocycles. The van der Waals surface area contributed by atoms with Crippen molar-refractivity contribution in [3.05, 3.63) is 279 Å². The van der Waals surface area contributed by atoms with Crippen molar-refractivity contribution < 1.29 is 13.3 Å². The van der Waals surface area contributed by atoms with Crippen LogP contribution in [0.2, 0.25) is 0 Å². The van der Waals surface area contributed by atoms with Crippen LogP contribution < -0.4 is 0 Å². The van der Waals surface area contributed by atoms with E-state index in [2.05, 4.69) is 276 Å². The van der Waals surface area contributed by atoms with Crippen LogP contribution in [-0.2, 0) is 0 Å². The van der Waals surface area contributed by atoms with Gasteiger partial charge in [-0.05, 0) is 183 Å². The summed E-state index contributed by atoms with van der Waals surface area (Å²) < 4.78 is 24.0. The predicted octanol–water partition coefficient (Wildman–Crippen LogP) is 21.9. The summed E-state index contributed by atoms with van der Waals surface area (Å²) in [5.41, 5.74) is 23.7. The number of hydrogen-bond donors (Lipinski definition) is 0. The van der Waals surface area contributed by atoms with Crippen LogP contribution in [-0.4, -0.2) is 9.13 Å². The van der Waals surface area contributed by atoms with E-state index < -0.39 is 0 Å². The highest BCUT2D eigenvalue weighted by Gasteiger charge is 2.20.